The maximum atomic E-state index is 8.95. The highest BCUT2D eigenvalue weighted by molar-refractivity contribution is 14.1. The Hall–Kier alpha value is -4.95. The quantitative estimate of drug-likeness (QED) is 0.0712. The number of nitrogens with zero attached hydrogens (tertiary/aromatic N) is 5. The molecule has 2 aromatic heterocycles. The van der Waals surface area contributed by atoms with E-state index < -0.39 is 0 Å². The van der Waals surface area contributed by atoms with E-state index in [4.69, 9.17) is 25.0 Å². The Kier molecular flexibility index (Phi) is 19.9. The molecule has 1 N–H and O–H groups in total. The number of ether oxygens (including phenoxy) is 2. The van der Waals surface area contributed by atoms with Gasteiger partial charge in [0.1, 0.15) is 11.5 Å². The number of nitriles is 2. The van der Waals surface area contributed by atoms with Crippen LogP contribution in [-0.4, -0.2) is 48.2 Å². The summed E-state index contributed by atoms with van der Waals surface area (Å²) in [5.41, 5.74) is 7.98. The Morgan fingerprint density at radius 1 is 0.649 bits per heavy atom. The van der Waals surface area contributed by atoms with Crippen molar-refractivity contribution in [1.82, 2.24) is 9.97 Å². The molecule has 0 unspecified atom stereocenters. The van der Waals surface area contributed by atoms with Gasteiger partial charge in [-0.1, -0.05) is 73.5 Å². The molecular formula is C46H51IN6O2S2. The van der Waals surface area contributed by atoms with Crippen LogP contribution < -0.4 is 19.7 Å². The lowest BCUT2D eigenvalue weighted by Crippen LogP contribution is -2.26. The molecule has 0 aliphatic heterocycles. The summed E-state index contributed by atoms with van der Waals surface area (Å²) in [7, 11) is 3.34. The first-order valence-corrected chi connectivity index (χ1v) is 22.4. The highest BCUT2D eigenvalue weighted by Gasteiger charge is 2.13. The Labute approximate surface area is 360 Å². The van der Waals surface area contributed by atoms with Gasteiger partial charge in [0, 0.05) is 41.5 Å². The third-order valence-corrected chi connectivity index (χ3v) is 11.3. The first kappa shape index (κ1) is 44.8. The summed E-state index contributed by atoms with van der Waals surface area (Å²) in [5.74, 6) is 1.70. The lowest BCUT2D eigenvalue weighted by molar-refractivity contribution is 0.415. The highest BCUT2D eigenvalue weighted by Crippen LogP contribution is 2.29. The third-order valence-electron chi connectivity index (χ3n) is 8.83. The summed E-state index contributed by atoms with van der Waals surface area (Å²) in [6.45, 7) is 7.15. The van der Waals surface area contributed by atoms with Crippen molar-refractivity contribution >= 4 is 55.5 Å². The third kappa shape index (κ3) is 15.1. The molecule has 4 aromatic carbocycles. The number of hydrogen-bond acceptors (Lipinski definition) is 10. The largest absolute Gasteiger partial charge is 0.497 e. The lowest BCUT2D eigenvalue weighted by Gasteiger charge is -2.21. The Bertz CT molecular complexity index is 2100. The van der Waals surface area contributed by atoms with Gasteiger partial charge in [-0.3, -0.25) is 0 Å². The Morgan fingerprint density at radius 3 is 1.63 bits per heavy atom. The van der Waals surface area contributed by atoms with Crippen LogP contribution in [0.25, 0.3) is 22.5 Å². The van der Waals surface area contributed by atoms with Crippen LogP contribution in [0.4, 0.5) is 10.3 Å². The van der Waals surface area contributed by atoms with Crippen molar-refractivity contribution in [2.24, 2.45) is 0 Å². The summed E-state index contributed by atoms with van der Waals surface area (Å²) in [6.07, 6.45) is 6.84. The highest BCUT2D eigenvalue weighted by atomic mass is 127. The Balaban J connectivity index is 0.000000228. The van der Waals surface area contributed by atoms with E-state index in [-0.39, 0.29) is 0 Å². The molecule has 0 bridgehead atoms. The van der Waals surface area contributed by atoms with E-state index in [1.807, 2.05) is 102 Å². The molecule has 2 heterocycles. The van der Waals surface area contributed by atoms with Crippen LogP contribution in [0, 0.1) is 22.7 Å². The normalized spacial score (nSPS) is 10.2. The minimum atomic E-state index is 0.691. The zero-order valence-corrected chi connectivity index (χ0v) is 37.0. The van der Waals surface area contributed by atoms with Crippen LogP contribution in [0.2, 0.25) is 0 Å². The van der Waals surface area contributed by atoms with Crippen molar-refractivity contribution in [3.8, 4) is 46.2 Å². The minimum Gasteiger partial charge on any atom is -0.497 e. The maximum Gasteiger partial charge on any atom is 0.185 e. The number of aromatic nitrogens is 2. The number of rotatable bonds is 17. The first-order valence-electron chi connectivity index (χ1n) is 19.2. The van der Waals surface area contributed by atoms with Crippen LogP contribution in [-0.2, 0) is 12.8 Å². The molecule has 0 aliphatic rings. The number of methoxy groups -OCH3 is 2. The lowest BCUT2D eigenvalue weighted by atomic mass is 10.1. The van der Waals surface area contributed by atoms with Crippen molar-refractivity contribution in [3.05, 3.63) is 130 Å². The molecule has 6 rings (SSSR count). The van der Waals surface area contributed by atoms with Gasteiger partial charge in [-0.25, -0.2) is 9.97 Å². The molecule has 6 aromatic rings. The fraction of sp³-hybridized carbons (Fsp3) is 0.304. The minimum absolute atomic E-state index is 0.691. The van der Waals surface area contributed by atoms with Gasteiger partial charge in [-0.2, -0.15) is 10.5 Å². The molecule has 0 amide bonds. The molecule has 0 saturated carbocycles. The summed E-state index contributed by atoms with van der Waals surface area (Å²) in [6, 6.07) is 35.8. The molecule has 57 heavy (non-hydrogen) atoms. The van der Waals surface area contributed by atoms with E-state index >= 15 is 0 Å². The first-order chi connectivity index (χ1) is 27.9. The molecular weight excluding hydrogens is 860 g/mol. The second kappa shape index (κ2) is 25.3. The summed E-state index contributed by atoms with van der Waals surface area (Å²) < 4.78 is 11.7. The van der Waals surface area contributed by atoms with E-state index in [2.05, 4.69) is 69.2 Å². The van der Waals surface area contributed by atoms with Crippen LogP contribution in [0.3, 0.4) is 0 Å². The molecule has 296 valence electrons. The van der Waals surface area contributed by atoms with E-state index in [0.717, 1.165) is 89.6 Å². The van der Waals surface area contributed by atoms with Crippen LogP contribution >= 0.6 is 45.3 Å². The van der Waals surface area contributed by atoms with Gasteiger partial charge in [-0.15, -0.1) is 22.7 Å². The predicted octanol–water partition coefficient (Wildman–Crippen LogP) is 12.1. The number of thiazole rings is 2. The molecule has 0 saturated heterocycles. The zero-order valence-electron chi connectivity index (χ0n) is 33.2. The average Bonchev–Trinajstić information content (AvgIpc) is 3.96. The fourth-order valence-corrected chi connectivity index (χ4v) is 7.81. The topological polar surface area (TPSA) is 107 Å². The number of benzene rings is 4. The molecule has 0 radical (unpaired) electrons. The number of unbranched alkanes of at least 4 members (excludes halogenated alkanes) is 2. The fourth-order valence-electron chi connectivity index (χ4n) is 5.41. The standard InChI is InChI=1S/C23H25N3OS.C19H17N3OS.C4H9I/c1-3-4-14-26(15-13-18-5-7-19(16-24)8-6-18)23-25-22(17-28-23)20-9-11-21(27-2)12-10-20;1-23-17-8-6-16(7-9-17)18-13-24-19(22-18)21-11-10-14-2-4-15(12-20)5-3-14;1-2-3-4-5/h5-12,17H,3-4,13-15H2,1-2H3;2-9,13H,10-11H2,1H3,(H,21,22);2-4H2,1H3. The van der Waals surface area contributed by atoms with Gasteiger partial charge in [0.15, 0.2) is 10.3 Å². The molecule has 11 heteroatoms. The van der Waals surface area contributed by atoms with Crippen molar-refractivity contribution < 1.29 is 9.47 Å². The van der Waals surface area contributed by atoms with E-state index in [9.17, 15) is 0 Å². The predicted molar refractivity (Wildman–Crippen MR) is 247 cm³/mol. The van der Waals surface area contributed by atoms with Crippen molar-refractivity contribution in [1.29, 1.82) is 10.5 Å². The SMILES string of the molecule is CCCCI.CCCCN(CCc1ccc(C#N)cc1)c1nc(-c2ccc(OC)cc2)cs1.COc1ccc(-c2csc(NCCc3ccc(C#N)cc3)n2)cc1. The Morgan fingerprint density at radius 2 is 1.16 bits per heavy atom. The summed E-state index contributed by atoms with van der Waals surface area (Å²) >= 11 is 5.68. The smallest absolute Gasteiger partial charge is 0.185 e. The van der Waals surface area contributed by atoms with Gasteiger partial charge in [-0.05, 0) is 114 Å². The average molecular weight is 911 g/mol. The van der Waals surface area contributed by atoms with Crippen molar-refractivity contribution in [2.45, 2.75) is 52.4 Å². The van der Waals surface area contributed by atoms with E-state index in [0.29, 0.717) is 11.1 Å². The molecule has 0 atom stereocenters. The van der Waals surface area contributed by atoms with Crippen molar-refractivity contribution in [3.63, 3.8) is 0 Å². The van der Waals surface area contributed by atoms with Gasteiger partial charge in [0.2, 0.25) is 0 Å². The molecule has 0 aliphatic carbocycles. The number of hydrogen-bond donors (Lipinski definition) is 1. The zero-order chi connectivity index (χ0) is 40.7. The second-order valence-electron chi connectivity index (χ2n) is 12.9. The number of halogens is 1. The van der Waals surface area contributed by atoms with Gasteiger partial charge in [0.05, 0.1) is 48.9 Å². The monoisotopic (exact) mass is 910 g/mol. The number of anilines is 2. The van der Waals surface area contributed by atoms with Crippen LogP contribution in [0.1, 0.15) is 61.8 Å². The summed E-state index contributed by atoms with van der Waals surface area (Å²) in [5, 5.41) is 27.2. The number of alkyl halides is 1. The van der Waals surface area contributed by atoms with Crippen LogP contribution in [0.5, 0.6) is 11.5 Å². The van der Waals surface area contributed by atoms with Gasteiger partial charge < -0.3 is 19.7 Å². The molecule has 8 nitrogen and oxygen atoms in total. The van der Waals surface area contributed by atoms with Gasteiger partial charge >= 0.3 is 0 Å². The van der Waals surface area contributed by atoms with Gasteiger partial charge in [0.25, 0.3) is 0 Å². The number of nitrogens with one attached hydrogen (secondary N) is 1. The van der Waals surface area contributed by atoms with Crippen LogP contribution in [0.15, 0.2) is 108 Å². The second-order valence-corrected chi connectivity index (χ2v) is 15.7. The van der Waals surface area contributed by atoms with E-state index in [1.54, 1.807) is 36.9 Å². The molecule has 0 spiro atoms. The van der Waals surface area contributed by atoms with E-state index in [1.165, 1.54) is 28.4 Å². The summed E-state index contributed by atoms with van der Waals surface area (Å²) in [4.78, 5) is 11.9. The maximum absolute atomic E-state index is 8.95. The molecule has 0 fully saturated rings. The van der Waals surface area contributed by atoms with Crippen molar-refractivity contribution in [2.75, 3.05) is 48.5 Å².